The summed E-state index contributed by atoms with van der Waals surface area (Å²) < 4.78 is 48.5. The van der Waals surface area contributed by atoms with Gasteiger partial charge >= 0.3 is 0 Å². The number of nitrogens with zero attached hydrogens (tertiary/aromatic N) is 3. The Balaban J connectivity index is 1.70. The molecule has 7 nitrogen and oxygen atoms in total. The molecule has 0 unspecified atom stereocenters. The van der Waals surface area contributed by atoms with Crippen LogP contribution in [-0.4, -0.2) is 48.0 Å². The predicted octanol–water partition coefficient (Wildman–Crippen LogP) is 4.21. The summed E-state index contributed by atoms with van der Waals surface area (Å²) in [5, 5.41) is -0.140. The quantitative estimate of drug-likeness (QED) is 0.406. The number of hydrogen-bond donors (Lipinski definition) is 0. The maximum Gasteiger partial charge on any atom is 0.228 e. The first kappa shape index (κ1) is 26.0. The molecule has 0 radical (unpaired) electrons. The molecular formula is C27H32FN3O4S. The largest absolute Gasteiger partial charge is 0.376 e. The van der Waals surface area contributed by atoms with Crippen molar-refractivity contribution in [2.75, 3.05) is 13.2 Å². The van der Waals surface area contributed by atoms with Crippen LogP contribution in [0.2, 0.25) is 0 Å². The van der Waals surface area contributed by atoms with Crippen LogP contribution in [-0.2, 0) is 38.2 Å². The van der Waals surface area contributed by atoms with Crippen molar-refractivity contribution in [3.8, 4) is 0 Å². The van der Waals surface area contributed by atoms with Gasteiger partial charge < -0.3 is 14.2 Å². The third kappa shape index (κ3) is 6.20. The normalized spacial score (nSPS) is 15.9. The van der Waals surface area contributed by atoms with Crippen molar-refractivity contribution >= 4 is 15.7 Å². The molecule has 9 heteroatoms. The fourth-order valence-electron chi connectivity index (χ4n) is 4.41. The molecule has 1 aliphatic rings. The number of halogens is 1. The molecule has 1 atom stereocenters. The fourth-order valence-corrected chi connectivity index (χ4v) is 5.92. The van der Waals surface area contributed by atoms with Gasteiger partial charge in [0, 0.05) is 24.6 Å². The summed E-state index contributed by atoms with van der Waals surface area (Å²) in [5.74, 6) is -1.34. The molecule has 1 saturated heterocycles. The van der Waals surface area contributed by atoms with Gasteiger partial charge in [-0.1, -0.05) is 62.4 Å². The van der Waals surface area contributed by atoms with Gasteiger partial charge in [0.05, 0.1) is 36.8 Å². The summed E-state index contributed by atoms with van der Waals surface area (Å²) in [6.45, 7) is 5.26. The molecular weight excluding hydrogens is 481 g/mol. The van der Waals surface area contributed by atoms with Gasteiger partial charge in [-0.15, -0.1) is 0 Å². The summed E-state index contributed by atoms with van der Waals surface area (Å²) in [7, 11) is -3.98. The van der Waals surface area contributed by atoms with Gasteiger partial charge in [0.1, 0.15) is 5.82 Å². The maximum atomic E-state index is 14.3. The second-order valence-corrected chi connectivity index (χ2v) is 11.3. The molecule has 0 saturated carbocycles. The third-order valence-electron chi connectivity index (χ3n) is 6.27. The number of imidazole rings is 1. The maximum absolute atomic E-state index is 14.3. The van der Waals surface area contributed by atoms with Crippen molar-refractivity contribution in [1.29, 1.82) is 0 Å². The van der Waals surface area contributed by atoms with Crippen LogP contribution in [0.25, 0.3) is 0 Å². The number of carbonyl (C=O) groups is 1. The minimum atomic E-state index is -3.98. The van der Waals surface area contributed by atoms with E-state index in [0.717, 1.165) is 18.4 Å². The van der Waals surface area contributed by atoms with Gasteiger partial charge in [0.15, 0.2) is 0 Å². The van der Waals surface area contributed by atoms with Gasteiger partial charge in [0.2, 0.25) is 20.9 Å². The second-order valence-electron chi connectivity index (χ2n) is 9.46. The summed E-state index contributed by atoms with van der Waals surface area (Å²) in [4.78, 5) is 19.1. The van der Waals surface area contributed by atoms with E-state index in [9.17, 15) is 17.6 Å². The van der Waals surface area contributed by atoms with E-state index in [1.807, 2.05) is 44.2 Å². The number of ether oxygens (including phenoxy) is 1. The Labute approximate surface area is 211 Å². The molecule has 4 rings (SSSR count). The lowest BCUT2D eigenvalue weighted by molar-refractivity contribution is -0.136. The standard InChI is InChI=1S/C27H32FN3O4S/c1-20(2)26(32)30(18-24-12-8-14-35-24)17-23-15-29-27(31(23)16-21-9-4-3-5-10-21)36(33,34)19-22-11-6-7-13-25(22)28/h3-7,9-11,13,15,20,24H,8,12,14,16-19H2,1-2H3/t24-/m0/s1. The number of sulfone groups is 1. The molecule has 0 aliphatic carbocycles. The highest BCUT2D eigenvalue weighted by Gasteiger charge is 2.29. The SMILES string of the molecule is CC(C)C(=O)N(Cc1cnc(S(=O)(=O)Cc2ccccc2F)n1Cc1ccccc1)C[C@@H]1CCCO1. The lowest BCUT2D eigenvalue weighted by Gasteiger charge is -2.27. The predicted molar refractivity (Wildman–Crippen MR) is 134 cm³/mol. The number of hydrogen-bond acceptors (Lipinski definition) is 5. The molecule has 0 bridgehead atoms. The lowest BCUT2D eigenvalue weighted by atomic mass is 10.1. The fraction of sp³-hybridized carbons (Fsp3) is 0.407. The highest BCUT2D eigenvalue weighted by molar-refractivity contribution is 7.90. The van der Waals surface area contributed by atoms with E-state index < -0.39 is 21.4 Å². The van der Waals surface area contributed by atoms with Crippen LogP contribution in [0.15, 0.2) is 66.0 Å². The Bertz CT molecular complexity index is 1290. The first-order valence-corrected chi connectivity index (χ1v) is 13.8. The molecule has 36 heavy (non-hydrogen) atoms. The second kappa shape index (κ2) is 11.3. The van der Waals surface area contributed by atoms with E-state index >= 15 is 0 Å². The average Bonchev–Trinajstić information content (AvgIpc) is 3.51. The highest BCUT2D eigenvalue weighted by Crippen LogP contribution is 2.23. The zero-order valence-electron chi connectivity index (χ0n) is 20.6. The Kier molecular flexibility index (Phi) is 8.21. The topological polar surface area (TPSA) is 81.5 Å². The number of amides is 1. The van der Waals surface area contributed by atoms with Crippen molar-refractivity contribution < 1.29 is 22.3 Å². The molecule has 0 spiro atoms. The zero-order chi connectivity index (χ0) is 25.7. The highest BCUT2D eigenvalue weighted by atomic mass is 32.2. The molecule has 1 fully saturated rings. The summed E-state index contributed by atoms with van der Waals surface area (Å²) >= 11 is 0. The Hall–Kier alpha value is -3.04. The van der Waals surface area contributed by atoms with Crippen LogP contribution in [0.1, 0.15) is 43.5 Å². The van der Waals surface area contributed by atoms with Crippen LogP contribution >= 0.6 is 0 Å². The molecule has 2 heterocycles. The van der Waals surface area contributed by atoms with Gasteiger partial charge in [-0.2, -0.15) is 0 Å². The van der Waals surface area contributed by atoms with Crippen LogP contribution in [0, 0.1) is 11.7 Å². The molecule has 1 aromatic heterocycles. The molecule has 192 valence electrons. The van der Waals surface area contributed by atoms with Gasteiger partial charge in [-0.25, -0.2) is 17.8 Å². The Morgan fingerprint density at radius 1 is 1.17 bits per heavy atom. The first-order valence-electron chi connectivity index (χ1n) is 12.2. The van der Waals surface area contributed by atoms with Crippen molar-refractivity contribution in [3.05, 3.63) is 83.4 Å². The van der Waals surface area contributed by atoms with E-state index in [0.29, 0.717) is 18.8 Å². The Morgan fingerprint density at radius 2 is 1.89 bits per heavy atom. The minimum Gasteiger partial charge on any atom is -0.376 e. The lowest BCUT2D eigenvalue weighted by Crippen LogP contribution is -2.39. The van der Waals surface area contributed by atoms with Gasteiger partial charge in [-0.05, 0) is 24.5 Å². The van der Waals surface area contributed by atoms with Crippen LogP contribution in [0.5, 0.6) is 0 Å². The van der Waals surface area contributed by atoms with Crippen molar-refractivity contribution in [2.24, 2.45) is 5.92 Å². The molecule has 3 aromatic rings. The van der Waals surface area contributed by atoms with Crippen molar-refractivity contribution in [2.45, 2.75) is 56.8 Å². The summed E-state index contributed by atoms with van der Waals surface area (Å²) in [5.41, 5.74) is 1.57. The van der Waals surface area contributed by atoms with E-state index in [-0.39, 0.29) is 41.7 Å². The summed E-state index contributed by atoms with van der Waals surface area (Å²) in [6.07, 6.45) is 3.31. The smallest absolute Gasteiger partial charge is 0.228 e. The Morgan fingerprint density at radius 3 is 2.56 bits per heavy atom. The van der Waals surface area contributed by atoms with Crippen molar-refractivity contribution in [1.82, 2.24) is 14.5 Å². The number of benzene rings is 2. The number of rotatable bonds is 10. The summed E-state index contributed by atoms with van der Waals surface area (Å²) in [6, 6.07) is 15.3. The molecule has 2 aromatic carbocycles. The molecule has 1 aliphatic heterocycles. The molecule has 1 amide bonds. The zero-order valence-corrected chi connectivity index (χ0v) is 21.5. The number of aromatic nitrogens is 2. The first-order chi connectivity index (χ1) is 17.2. The van der Waals surface area contributed by atoms with E-state index in [1.165, 1.54) is 24.4 Å². The molecule has 0 N–H and O–H groups in total. The van der Waals surface area contributed by atoms with Gasteiger partial charge in [0.25, 0.3) is 0 Å². The van der Waals surface area contributed by atoms with Crippen LogP contribution in [0.3, 0.4) is 0 Å². The van der Waals surface area contributed by atoms with Crippen molar-refractivity contribution in [3.63, 3.8) is 0 Å². The van der Waals surface area contributed by atoms with E-state index in [2.05, 4.69) is 4.98 Å². The minimum absolute atomic E-state index is 0.0336. The monoisotopic (exact) mass is 513 g/mol. The third-order valence-corrected chi connectivity index (χ3v) is 7.85. The average molecular weight is 514 g/mol. The van der Waals surface area contributed by atoms with E-state index in [1.54, 1.807) is 15.5 Å². The van der Waals surface area contributed by atoms with Crippen LogP contribution in [0.4, 0.5) is 4.39 Å². The number of carbonyl (C=O) groups excluding carboxylic acids is 1. The van der Waals surface area contributed by atoms with Crippen LogP contribution < -0.4 is 0 Å². The van der Waals surface area contributed by atoms with Gasteiger partial charge in [-0.3, -0.25) is 4.79 Å². The van der Waals surface area contributed by atoms with E-state index in [4.69, 9.17) is 4.74 Å².